The molecule has 0 aliphatic heterocycles. The number of benzene rings is 1. The van der Waals surface area contributed by atoms with Gasteiger partial charge in [-0.05, 0) is 24.5 Å². The summed E-state index contributed by atoms with van der Waals surface area (Å²) in [6.45, 7) is 5.21. The van der Waals surface area contributed by atoms with Crippen molar-refractivity contribution in [3.8, 4) is 5.75 Å². The predicted molar refractivity (Wildman–Crippen MR) is 95.1 cm³/mol. The van der Waals surface area contributed by atoms with Crippen molar-refractivity contribution in [3.63, 3.8) is 0 Å². The second-order valence-corrected chi connectivity index (χ2v) is 6.09. The van der Waals surface area contributed by atoms with E-state index in [0.717, 1.165) is 24.3 Å². The van der Waals surface area contributed by atoms with E-state index in [-0.39, 0.29) is 12.4 Å². The van der Waals surface area contributed by atoms with E-state index in [1.165, 1.54) is 12.8 Å². The van der Waals surface area contributed by atoms with Gasteiger partial charge in [0.1, 0.15) is 5.75 Å². The second kappa shape index (κ2) is 10.9. The number of hydrogen-bond donors (Lipinski definition) is 0. The molecule has 0 amide bonds. The first-order chi connectivity index (χ1) is 11.1. The van der Waals surface area contributed by atoms with Crippen LogP contribution in [0.15, 0.2) is 24.3 Å². The van der Waals surface area contributed by atoms with Gasteiger partial charge >= 0.3 is 5.97 Å². The Morgan fingerprint density at radius 2 is 2.04 bits per heavy atom. The maximum atomic E-state index is 11.8. The van der Waals surface area contributed by atoms with Crippen LogP contribution in [0, 0.1) is 5.92 Å². The van der Waals surface area contributed by atoms with Crippen molar-refractivity contribution in [2.75, 3.05) is 32.2 Å². The molecule has 0 saturated carbocycles. The Kier molecular flexibility index (Phi) is 9.18. The van der Waals surface area contributed by atoms with Gasteiger partial charge in [-0.1, -0.05) is 39.2 Å². The van der Waals surface area contributed by atoms with E-state index in [2.05, 4.69) is 13.8 Å². The minimum Gasteiger partial charge on any atom is -0.493 e. The molecule has 4 heteroatoms. The average molecular weight is 321 g/mol. The third-order valence-electron chi connectivity index (χ3n) is 3.93. The largest absolute Gasteiger partial charge is 0.493 e. The third kappa shape index (κ3) is 7.91. The highest BCUT2D eigenvalue weighted by Crippen LogP contribution is 2.19. The topological polar surface area (TPSA) is 38.8 Å². The van der Waals surface area contributed by atoms with Crippen molar-refractivity contribution in [2.45, 2.75) is 46.0 Å². The molecule has 0 radical (unpaired) electrons. The smallest absolute Gasteiger partial charge is 0.309 e. The lowest BCUT2D eigenvalue weighted by molar-refractivity contribution is -0.145. The number of esters is 1. The van der Waals surface area contributed by atoms with Crippen LogP contribution in [-0.2, 0) is 9.53 Å². The van der Waals surface area contributed by atoms with E-state index in [1.54, 1.807) is 0 Å². The molecule has 130 valence electrons. The van der Waals surface area contributed by atoms with Crippen molar-refractivity contribution in [1.82, 2.24) is 0 Å². The van der Waals surface area contributed by atoms with Crippen molar-refractivity contribution in [2.24, 2.45) is 5.92 Å². The molecule has 1 unspecified atom stereocenters. The molecular weight excluding hydrogens is 290 g/mol. The number of carbonyl (C=O) groups is 1. The minimum absolute atomic E-state index is 0.177. The lowest BCUT2D eigenvalue weighted by Gasteiger charge is -2.15. The molecule has 0 spiro atoms. The van der Waals surface area contributed by atoms with Gasteiger partial charge in [0, 0.05) is 25.8 Å². The number of anilines is 1. The van der Waals surface area contributed by atoms with Crippen molar-refractivity contribution in [1.29, 1.82) is 0 Å². The summed E-state index contributed by atoms with van der Waals surface area (Å²) >= 11 is 0. The number of carbonyl (C=O) groups excluding carboxylic acids is 1. The minimum atomic E-state index is -0.177. The zero-order valence-corrected chi connectivity index (χ0v) is 15.0. The van der Waals surface area contributed by atoms with Gasteiger partial charge in [0.15, 0.2) is 0 Å². The summed E-state index contributed by atoms with van der Waals surface area (Å²) < 4.78 is 11.0. The zero-order chi connectivity index (χ0) is 17.1. The van der Waals surface area contributed by atoms with Crippen LogP contribution < -0.4 is 9.64 Å². The maximum Gasteiger partial charge on any atom is 0.309 e. The van der Waals surface area contributed by atoms with E-state index < -0.39 is 0 Å². The van der Waals surface area contributed by atoms with Crippen molar-refractivity contribution < 1.29 is 14.3 Å². The first kappa shape index (κ1) is 19.3. The molecule has 0 N–H and O–H groups in total. The Labute approximate surface area is 140 Å². The molecule has 0 aliphatic rings. The quantitative estimate of drug-likeness (QED) is 0.570. The molecule has 1 aromatic carbocycles. The highest BCUT2D eigenvalue weighted by Gasteiger charge is 2.10. The van der Waals surface area contributed by atoms with Crippen LogP contribution in [0.1, 0.15) is 46.0 Å². The fourth-order valence-electron chi connectivity index (χ4n) is 2.28. The number of ether oxygens (including phenoxy) is 2. The van der Waals surface area contributed by atoms with Crippen LogP contribution in [0.2, 0.25) is 0 Å². The van der Waals surface area contributed by atoms with E-state index in [0.29, 0.717) is 19.1 Å². The number of unbranched alkanes of at least 4 members (excludes halogenated alkanes) is 1. The summed E-state index contributed by atoms with van der Waals surface area (Å²) in [5.74, 6) is 1.08. The standard InChI is InChI=1S/C19H31NO3/c1-5-7-9-16(6-2)15-23-19(21)12-13-22-18-11-8-10-17(14-18)20(3)4/h8,10-11,14,16H,5-7,9,12-13,15H2,1-4H3. The summed E-state index contributed by atoms with van der Waals surface area (Å²) in [5.41, 5.74) is 1.08. The van der Waals surface area contributed by atoms with Crippen LogP contribution in [0.4, 0.5) is 5.69 Å². The van der Waals surface area contributed by atoms with Gasteiger partial charge in [0.25, 0.3) is 0 Å². The van der Waals surface area contributed by atoms with Crippen LogP contribution >= 0.6 is 0 Å². The van der Waals surface area contributed by atoms with Crippen LogP contribution in [0.25, 0.3) is 0 Å². The monoisotopic (exact) mass is 321 g/mol. The summed E-state index contributed by atoms with van der Waals surface area (Å²) in [4.78, 5) is 13.8. The van der Waals surface area contributed by atoms with Gasteiger partial charge in [-0.15, -0.1) is 0 Å². The summed E-state index contributed by atoms with van der Waals surface area (Å²) in [7, 11) is 3.97. The Balaban J connectivity index is 2.27. The zero-order valence-electron chi connectivity index (χ0n) is 15.0. The fourth-order valence-corrected chi connectivity index (χ4v) is 2.28. The molecule has 0 bridgehead atoms. The van der Waals surface area contributed by atoms with E-state index in [1.807, 2.05) is 43.3 Å². The van der Waals surface area contributed by atoms with E-state index >= 15 is 0 Å². The van der Waals surface area contributed by atoms with E-state index in [9.17, 15) is 4.79 Å². The third-order valence-corrected chi connectivity index (χ3v) is 3.93. The van der Waals surface area contributed by atoms with Gasteiger partial charge in [0.05, 0.1) is 19.6 Å². The van der Waals surface area contributed by atoms with Crippen LogP contribution in [0.3, 0.4) is 0 Å². The lowest BCUT2D eigenvalue weighted by atomic mass is 10.0. The van der Waals surface area contributed by atoms with Gasteiger partial charge in [0.2, 0.25) is 0 Å². The normalized spacial score (nSPS) is 11.8. The lowest BCUT2D eigenvalue weighted by Crippen LogP contribution is -2.16. The maximum absolute atomic E-state index is 11.8. The molecule has 1 atom stereocenters. The van der Waals surface area contributed by atoms with Gasteiger partial charge in [-0.25, -0.2) is 0 Å². The first-order valence-corrected chi connectivity index (χ1v) is 8.62. The highest BCUT2D eigenvalue weighted by molar-refractivity contribution is 5.69. The molecule has 1 rings (SSSR count). The summed E-state index contributed by atoms with van der Waals surface area (Å²) in [5, 5.41) is 0. The molecule has 0 heterocycles. The van der Waals surface area contributed by atoms with Gasteiger partial charge < -0.3 is 14.4 Å². The van der Waals surface area contributed by atoms with Crippen LogP contribution in [0.5, 0.6) is 5.75 Å². The van der Waals surface area contributed by atoms with Crippen LogP contribution in [-0.4, -0.2) is 33.3 Å². The highest BCUT2D eigenvalue weighted by atomic mass is 16.5. The summed E-state index contributed by atoms with van der Waals surface area (Å²) in [6, 6.07) is 7.82. The van der Waals surface area contributed by atoms with Crippen molar-refractivity contribution >= 4 is 11.7 Å². The average Bonchev–Trinajstić information content (AvgIpc) is 2.55. The molecule has 23 heavy (non-hydrogen) atoms. The van der Waals surface area contributed by atoms with Gasteiger partial charge in [-0.2, -0.15) is 0 Å². The van der Waals surface area contributed by atoms with Crippen molar-refractivity contribution in [3.05, 3.63) is 24.3 Å². The Morgan fingerprint density at radius 3 is 2.70 bits per heavy atom. The molecule has 4 nitrogen and oxygen atoms in total. The molecule has 0 aromatic heterocycles. The Bertz CT molecular complexity index is 460. The van der Waals surface area contributed by atoms with Gasteiger partial charge in [-0.3, -0.25) is 4.79 Å². The Hall–Kier alpha value is -1.71. The number of hydrogen-bond acceptors (Lipinski definition) is 4. The molecular formula is C19H31NO3. The first-order valence-electron chi connectivity index (χ1n) is 8.62. The second-order valence-electron chi connectivity index (χ2n) is 6.09. The SMILES string of the molecule is CCCCC(CC)COC(=O)CCOc1cccc(N(C)C)c1. The van der Waals surface area contributed by atoms with E-state index in [4.69, 9.17) is 9.47 Å². The fraction of sp³-hybridized carbons (Fsp3) is 0.632. The number of rotatable bonds is 11. The molecule has 0 saturated heterocycles. The molecule has 0 fully saturated rings. The molecule has 1 aromatic rings. The summed E-state index contributed by atoms with van der Waals surface area (Å²) in [6.07, 6.45) is 4.86. The Morgan fingerprint density at radius 1 is 1.26 bits per heavy atom. The number of nitrogens with zero attached hydrogens (tertiary/aromatic N) is 1. The molecule has 0 aliphatic carbocycles. The predicted octanol–water partition coefficient (Wildman–Crippen LogP) is 4.28.